The Kier molecular flexibility index (Phi) is 4.85. The molecule has 1 aromatic heterocycles. The molecule has 1 heterocycles. The molecular weight excluding hydrogens is 269 g/mol. The zero-order valence-corrected chi connectivity index (χ0v) is 11.7. The standard InChI is InChI=1S/C16H16FN3O/c1-11(19)8-12-4-2-6-14(17)16(12)21-10-13-5-3-7-20-15(13)9-18/h2-7,11H,8,10,19H2,1H3. The molecule has 0 amide bonds. The Labute approximate surface area is 123 Å². The van der Waals surface area contributed by atoms with Crippen molar-refractivity contribution >= 4 is 0 Å². The Balaban J connectivity index is 2.22. The van der Waals surface area contributed by atoms with Crippen molar-refractivity contribution in [3.8, 4) is 11.8 Å². The van der Waals surface area contributed by atoms with Crippen molar-refractivity contribution in [2.45, 2.75) is 26.0 Å². The summed E-state index contributed by atoms with van der Waals surface area (Å²) in [7, 11) is 0. The molecule has 1 atom stereocenters. The number of ether oxygens (including phenoxy) is 1. The lowest BCUT2D eigenvalue weighted by atomic mass is 10.1. The molecule has 1 unspecified atom stereocenters. The minimum atomic E-state index is -0.435. The Bertz CT molecular complexity index is 665. The molecule has 21 heavy (non-hydrogen) atoms. The predicted molar refractivity (Wildman–Crippen MR) is 77.0 cm³/mol. The molecule has 0 aliphatic heterocycles. The van der Waals surface area contributed by atoms with Gasteiger partial charge in [-0.15, -0.1) is 0 Å². The summed E-state index contributed by atoms with van der Waals surface area (Å²) in [5, 5.41) is 8.99. The first-order valence-electron chi connectivity index (χ1n) is 6.61. The number of nitrogens with zero attached hydrogens (tertiary/aromatic N) is 2. The number of halogens is 1. The first-order valence-corrected chi connectivity index (χ1v) is 6.61. The molecule has 0 radical (unpaired) electrons. The maximum Gasteiger partial charge on any atom is 0.165 e. The van der Waals surface area contributed by atoms with E-state index >= 15 is 0 Å². The van der Waals surface area contributed by atoms with Gasteiger partial charge in [0.15, 0.2) is 11.6 Å². The number of hydrogen-bond acceptors (Lipinski definition) is 4. The molecule has 108 valence electrons. The highest BCUT2D eigenvalue weighted by molar-refractivity contribution is 5.36. The lowest BCUT2D eigenvalue weighted by Crippen LogP contribution is -2.18. The van der Waals surface area contributed by atoms with Crippen molar-refractivity contribution in [2.75, 3.05) is 0 Å². The van der Waals surface area contributed by atoms with E-state index in [1.54, 1.807) is 24.3 Å². The highest BCUT2D eigenvalue weighted by Gasteiger charge is 2.12. The van der Waals surface area contributed by atoms with Crippen LogP contribution in [0.2, 0.25) is 0 Å². The minimum Gasteiger partial charge on any atom is -0.485 e. The molecule has 4 nitrogen and oxygen atoms in total. The van der Waals surface area contributed by atoms with E-state index < -0.39 is 5.82 Å². The molecule has 2 N–H and O–H groups in total. The second-order valence-electron chi connectivity index (χ2n) is 4.82. The first kappa shape index (κ1) is 14.9. The number of rotatable bonds is 5. The van der Waals surface area contributed by atoms with Crippen molar-refractivity contribution in [1.82, 2.24) is 4.98 Å². The normalized spacial score (nSPS) is 11.7. The molecule has 0 bridgehead atoms. The average Bonchev–Trinajstić information content (AvgIpc) is 2.46. The molecule has 0 saturated carbocycles. The van der Waals surface area contributed by atoms with Gasteiger partial charge in [-0.3, -0.25) is 0 Å². The van der Waals surface area contributed by atoms with Gasteiger partial charge in [-0.2, -0.15) is 5.26 Å². The third kappa shape index (κ3) is 3.77. The van der Waals surface area contributed by atoms with Crippen LogP contribution < -0.4 is 10.5 Å². The van der Waals surface area contributed by atoms with E-state index in [2.05, 4.69) is 4.98 Å². The number of benzene rings is 1. The third-order valence-corrected chi connectivity index (χ3v) is 2.96. The second kappa shape index (κ2) is 6.82. The van der Waals surface area contributed by atoms with Crippen LogP contribution in [0.3, 0.4) is 0 Å². The topological polar surface area (TPSA) is 71.9 Å². The van der Waals surface area contributed by atoms with Crippen LogP contribution in [0.15, 0.2) is 36.5 Å². The second-order valence-corrected chi connectivity index (χ2v) is 4.82. The Hall–Kier alpha value is -2.45. The molecule has 0 aliphatic carbocycles. The van der Waals surface area contributed by atoms with E-state index in [1.807, 2.05) is 13.0 Å². The van der Waals surface area contributed by atoms with Gasteiger partial charge in [-0.25, -0.2) is 9.37 Å². The lowest BCUT2D eigenvalue weighted by Gasteiger charge is -2.14. The largest absolute Gasteiger partial charge is 0.485 e. The predicted octanol–water partition coefficient (Wildman–Crippen LogP) is 2.56. The Morgan fingerprint density at radius 1 is 1.33 bits per heavy atom. The fourth-order valence-corrected chi connectivity index (χ4v) is 2.03. The van der Waals surface area contributed by atoms with Gasteiger partial charge in [0.1, 0.15) is 18.4 Å². The number of hydrogen-bond donors (Lipinski definition) is 1. The SMILES string of the molecule is CC(N)Cc1cccc(F)c1OCc1cccnc1C#N. The highest BCUT2D eigenvalue weighted by atomic mass is 19.1. The maximum absolute atomic E-state index is 13.9. The molecule has 0 spiro atoms. The molecule has 5 heteroatoms. The molecule has 0 fully saturated rings. The van der Waals surface area contributed by atoms with Crippen LogP contribution in [0.25, 0.3) is 0 Å². The van der Waals surface area contributed by atoms with E-state index in [9.17, 15) is 4.39 Å². The van der Waals surface area contributed by atoms with Crippen LogP contribution in [-0.4, -0.2) is 11.0 Å². The van der Waals surface area contributed by atoms with E-state index in [4.69, 9.17) is 15.7 Å². The molecule has 0 saturated heterocycles. The molecule has 0 aliphatic rings. The van der Waals surface area contributed by atoms with Crippen LogP contribution in [-0.2, 0) is 13.0 Å². The summed E-state index contributed by atoms with van der Waals surface area (Å²) < 4.78 is 19.5. The highest BCUT2D eigenvalue weighted by Crippen LogP contribution is 2.25. The van der Waals surface area contributed by atoms with Crippen LogP contribution in [0.1, 0.15) is 23.7 Å². The maximum atomic E-state index is 13.9. The summed E-state index contributed by atoms with van der Waals surface area (Å²) in [6, 6.07) is 10.1. The monoisotopic (exact) mass is 285 g/mol. The van der Waals surface area contributed by atoms with E-state index in [0.717, 1.165) is 0 Å². The summed E-state index contributed by atoms with van der Waals surface area (Å²) in [6.07, 6.45) is 2.05. The van der Waals surface area contributed by atoms with Crippen LogP contribution in [0.4, 0.5) is 4.39 Å². The zero-order valence-electron chi connectivity index (χ0n) is 11.7. The summed E-state index contributed by atoms with van der Waals surface area (Å²) >= 11 is 0. The van der Waals surface area contributed by atoms with Crippen LogP contribution in [0, 0.1) is 17.1 Å². The number of nitriles is 1. The number of pyridine rings is 1. The number of nitrogens with two attached hydrogens (primary N) is 1. The van der Waals surface area contributed by atoms with Gasteiger partial charge in [-0.05, 0) is 31.0 Å². The summed E-state index contributed by atoms with van der Waals surface area (Å²) in [6.45, 7) is 1.94. The third-order valence-electron chi connectivity index (χ3n) is 2.96. The van der Waals surface area contributed by atoms with Crippen LogP contribution >= 0.6 is 0 Å². The summed E-state index contributed by atoms with van der Waals surface area (Å²) in [5.74, 6) is -0.252. The van der Waals surface area contributed by atoms with Crippen molar-refractivity contribution in [2.24, 2.45) is 5.73 Å². The molecular formula is C16H16FN3O. The van der Waals surface area contributed by atoms with Gasteiger partial charge in [0.25, 0.3) is 0 Å². The van der Waals surface area contributed by atoms with Gasteiger partial charge < -0.3 is 10.5 Å². The number of para-hydroxylation sites is 1. The van der Waals surface area contributed by atoms with Gasteiger partial charge in [0, 0.05) is 17.8 Å². The van der Waals surface area contributed by atoms with Gasteiger partial charge in [0.05, 0.1) is 0 Å². The van der Waals surface area contributed by atoms with Crippen molar-refractivity contribution in [3.05, 3.63) is 59.2 Å². The summed E-state index contributed by atoms with van der Waals surface area (Å²) in [4.78, 5) is 3.95. The fraction of sp³-hybridized carbons (Fsp3) is 0.250. The van der Waals surface area contributed by atoms with Crippen molar-refractivity contribution in [3.63, 3.8) is 0 Å². The van der Waals surface area contributed by atoms with Gasteiger partial charge in [-0.1, -0.05) is 18.2 Å². The Morgan fingerprint density at radius 3 is 2.81 bits per heavy atom. The first-order chi connectivity index (χ1) is 10.1. The minimum absolute atomic E-state index is 0.0869. The van der Waals surface area contributed by atoms with Gasteiger partial charge in [0.2, 0.25) is 0 Å². The average molecular weight is 285 g/mol. The molecule has 2 aromatic rings. The van der Waals surface area contributed by atoms with E-state index in [1.165, 1.54) is 12.3 Å². The Morgan fingerprint density at radius 2 is 2.10 bits per heavy atom. The molecule has 1 aromatic carbocycles. The van der Waals surface area contributed by atoms with E-state index in [-0.39, 0.29) is 24.1 Å². The van der Waals surface area contributed by atoms with Crippen molar-refractivity contribution in [1.29, 1.82) is 5.26 Å². The van der Waals surface area contributed by atoms with Gasteiger partial charge >= 0.3 is 0 Å². The summed E-state index contributed by atoms with van der Waals surface area (Å²) in [5.41, 5.74) is 7.38. The fourth-order valence-electron chi connectivity index (χ4n) is 2.03. The van der Waals surface area contributed by atoms with E-state index in [0.29, 0.717) is 17.5 Å². The number of aromatic nitrogens is 1. The smallest absolute Gasteiger partial charge is 0.165 e. The lowest BCUT2D eigenvalue weighted by molar-refractivity contribution is 0.285. The van der Waals surface area contributed by atoms with Crippen LogP contribution in [0.5, 0.6) is 5.75 Å². The molecule has 2 rings (SSSR count). The quantitative estimate of drug-likeness (QED) is 0.916. The zero-order chi connectivity index (χ0) is 15.2. The van der Waals surface area contributed by atoms with Crippen molar-refractivity contribution < 1.29 is 9.13 Å².